The number of halogens is 1. The molecule has 1 amide bonds. The lowest BCUT2D eigenvalue weighted by molar-refractivity contribution is 0.0946. The molecule has 1 N–H and O–H groups in total. The average molecular weight is 278 g/mol. The summed E-state index contributed by atoms with van der Waals surface area (Å²) in [5, 5.41) is 2.89. The Hall–Kier alpha value is -1.95. The highest BCUT2D eigenvalue weighted by Gasteiger charge is 2.22. The van der Waals surface area contributed by atoms with Crippen molar-refractivity contribution in [1.29, 1.82) is 0 Å². The zero-order valence-corrected chi connectivity index (χ0v) is 10.8. The molecule has 0 spiro atoms. The van der Waals surface area contributed by atoms with Crippen LogP contribution in [-0.4, -0.2) is 32.0 Å². The maximum atomic E-state index is 12.0. The zero-order valence-electron chi connectivity index (χ0n) is 10.1. The third-order valence-corrected chi connectivity index (χ3v) is 3.10. The molecule has 0 saturated heterocycles. The smallest absolute Gasteiger partial charge is 0.270 e. The van der Waals surface area contributed by atoms with Crippen LogP contribution in [0.15, 0.2) is 24.8 Å². The fourth-order valence-electron chi connectivity index (χ4n) is 1.70. The first-order valence-corrected chi connectivity index (χ1v) is 6.41. The Labute approximate surface area is 114 Å². The van der Waals surface area contributed by atoms with Gasteiger partial charge in [-0.1, -0.05) is 0 Å². The molecule has 1 saturated carbocycles. The Morgan fingerprint density at radius 1 is 1.47 bits per heavy atom. The molecule has 0 unspecified atom stereocenters. The van der Waals surface area contributed by atoms with Crippen molar-refractivity contribution in [2.24, 2.45) is 5.92 Å². The van der Waals surface area contributed by atoms with E-state index in [0.717, 1.165) is 0 Å². The van der Waals surface area contributed by atoms with Gasteiger partial charge in [-0.2, -0.15) is 4.98 Å². The molecule has 0 radical (unpaired) electrons. The Balaban J connectivity index is 1.82. The van der Waals surface area contributed by atoms with Gasteiger partial charge in [0.1, 0.15) is 17.8 Å². The Morgan fingerprint density at radius 3 is 3.00 bits per heavy atom. The minimum Gasteiger partial charge on any atom is -0.350 e. The molecule has 0 aliphatic heterocycles. The van der Waals surface area contributed by atoms with E-state index in [1.165, 1.54) is 12.8 Å². The Kier molecular flexibility index (Phi) is 3.16. The third kappa shape index (κ3) is 2.90. The molecule has 7 heteroatoms. The number of rotatable bonds is 4. The quantitative estimate of drug-likeness (QED) is 0.859. The monoisotopic (exact) mass is 277 g/mol. The lowest BCUT2D eigenvalue weighted by Crippen LogP contribution is -2.26. The number of amides is 1. The molecule has 3 rings (SSSR count). The van der Waals surface area contributed by atoms with Crippen LogP contribution in [0.3, 0.4) is 0 Å². The van der Waals surface area contributed by atoms with E-state index in [1.54, 1.807) is 29.4 Å². The SMILES string of the molecule is O=C(NCC1CC1)c1cc(-n2ccnc2)nc(Cl)n1. The molecule has 2 aromatic rings. The number of nitrogens with one attached hydrogen (secondary N) is 1. The Bertz CT molecular complexity index is 594. The maximum absolute atomic E-state index is 12.0. The largest absolute Gasteiger partial charge is 0.350 e. The van der Waals surface area contributed by atoms with E-state index in [4.69, 9.17) is 11.6 Å². The predicted molar refractivity (Wildman–Crippen MR) is 69.2 cm³/mol. The number of imidazole rings is 1. The molecular formula is C12H12ClN5O. The number of hydrogen-bond donors (Lipinski definition) is 1. The summed E-state index contributed by atoms with van der Waals surface area (Å²) in [6.45, 7) is 0.695. The van der Waals surface area contributed by atoms with E-state index >= 15 is 0 Å². The molecule has 0 atom stereocenters. The van der Waals surface area contributed by atoms with Crippen LogP contribution in [0.25, 0.3) is 5.82 Å². The lowest BCUT2D eigenvalue weighted by Gasteiger charge is -2.06. The molecular weight excluding hydrogens is 266 g/mol. The van der Waals surface area contributed by atoms with Gasteiger partial charge in [0.2, 0.25) is 5.28 Å². The van der Waals surface area contributed by atoms with Crippen molar-refractivity contribution < 1.29 is 4.79 Å². The van der Waals surface area contributed by atoms with Gasteiger partial charge in [0, 0.05) is 25.0 Å². The van der Waals surface area contributed by atoms with Crippen LogP contribution < -0.4 is 5.32 Å². The van der Waals surface area contributed by atoms with Gasteiger partial charge in [0.25, 0.3) is 5.91 Å². The summed E-state index contributed by atoms with van der Waals surface area (Å²) in [5.41, 5.74) is 0.268. The normalized spacial score (nSPS) is 14.4. The molecule has 0 bridgehead atoms. The second-order valence-electron chi connectivity index (χ2n) is 4.50. The fourth-order valence-corrected chi connectivity index (χ4v) is 1.88. The van der Waals surface area contributed by atoms with Crippen molar-refractivity contribution in [3.8, 4) is 5.82 Å². The van der Waals surface area contributed by atoms with Crippen molar-refractivity contribution in [3.05, 3.63) is 35.8 Å². The first kappa shape index (κ1) is 12.1. The van der Waals surface area contributed by atoms with Gasteiger partial charge in [-0.15, -0.1) is 0 Å². The van der Waals surface area contributed by atoms with Gasteiger partial charge in [-0.05, 0) is 30.4 Å². The molecule has 0 aromatic carbocycles. The van der Waals surface area contributed by atoms with Crippen LogP contribution in [0, 0.1) is 5.92 Å². The molecule has 1 fully saturated rings. The van der Waals surface area contributed by atoms with Crippen molar-refractivity contribution in [3.63, 3.8) is 0 Å². The maximum Gasteiger partial charge on any atom is 0.270 e. The standard InChI is InChI=1S/C12H12ClN5O/c13-12-16-9(11(19)15-6-8-1-2-8)5-10(17-12)18-4-3-14-7-18/h3-5,7-8H,1-2,6H2,(H,15,19). The minimum atomic E-state index is -0.224. The van der Waals surface area contributed by atoms with Gasteiger partial charge in [0.05, 0.1) is 0 Å². The number of aromatic nitrogens is 4. The predicted octanol–water partition coefficient (Wildman–Crippen LogP) is 1.46. The highest BCUT2D eigenvalue weighted by Crippen LogP contribution is 2.27. The third-order valence-electron chi connectivity index (χ3n) is 2.94. The van der Waals surface area contributed by atoms with Gasteiger partial charge in [-0.3, -0.25) is 9.36 Å². The summed E-state index contributed by atoms with van der Waals surface area (Å²) in [7, 11) is 0. The number of carbonyl (C=O) groups excluding carboxylic acids is 1. The summed E-state index contributed by atoms with van der Waals surface area (Å²) in [5.74, 6) is 0.918. The first-order valence-electron chi connectivity index (χ1n) is 6.03. The van der Waals surface area contributed by atoms with Crippen LogP contribution in [-0.2, 0) is 0 Å². The second-order valence-corrected chi connectivity index (χ2v) is 4.84. The van der Waals surface area contributed by atoms with Gasteiger partial charge in [0.15, 0.2) is 0 Å². The van der Waals surface area contributed by atoms with Crippen molar-refractivity contribution in [2.45, 2.75) is 12.8 Å². The highest BCUT2D eigenvalue weighted by molar-refractivity contribution is 6.28. The summed E-state index contributed by atoms with van der Waals surface area (Å²) in [6.07, 6.45) is 7.31. The number of nitrogens with zero attached hydrogens (tertiary/aromatic N) is 4. The summed E-state index contributed by atoms with van der Waals surface area (Å²) >= 11 is 5.85. The molecule has 98 valence electrons. The van der Waals surface area contributed by atoms with E-state index in [9.17, 15) is 4.79 Å². The molecule has 19 heavy (non-hydrogen) atoms. The van der Waals surface area contributed by atoms with E-state index < -0.39 is 0 Å². The van der Waals surface area contributed by atoms with E-state index in [2.05, 4.69) is 20.3 Å². The van der Waals surface area contributed by atoms with Gasteiger partial charge in [-0.25, -0.2) is 9.97 Å². The summed E-state index contributed by atoms with van der Waals surface area (Å²) in [4.78, 5) is 23.9. The molecule has 6 nitrogen and oxygen atoms in total. The van der Waals surface area contributed by atoms with E-state index in [1.807, 2.05) is 0 Å². The van der Waals surface area contributed by atoms with Crippen molar-refractivity contribution in [2.75, 3.05) is 6.54 Å². The van der Waals surface area contributed by atoms with Crippen LogP contribution in [0.4, 0.5) is 0 Å². The topological polar surface area (TPSA) is 72.7 Å². The lowest BCUT2D eigenvalue weighted by atomic mass is 10.3. The molecule has 2 heterocycles. The van der Waals surface area contributed by atoms with Crippen LogP contribution in [0.2, 0.25) is 5.28 Å². The summed E-state index contributed by atoms with van der Waals surface area (Å²) in [6, 6.07) is 1.59. The number of hydrogen-bond acceptors (Lipinski definition) is 4. The summed E-state index contributed by atoms with van der Waals surface area (Å²) < 4.78 is 1.67. The van der Waals surface area contributed by atoms with Crippen LogP contribution in [0.1, 0.15) is 23.3 Å². The molecule has 2 aromatic heterocycles. The van der Waals surface area contributed by atoms with Crippen LogP contribution >= 0.6 is 11.6 Å². The zero-order chi connectivity index (χ0) is 13.2. The number of carbonyl (C=O) groups is 1. The Morgan fingerprint density at radius 2 is 2.32 bits per heavy atom. The minimum absolute atomic E-state index is 0.0442. The van der Waals surface area contributed by atoms with Gasteiger partial charge < -0.3 is 5.32 Å². The van der Waals surface area contributed by atoms with E-state index in [-0.39, 0.29) is 16.9 Å². The average Bonchev–Trinajstić information content (AvgIpc) is 3.06. The van der Waals surface area contributed by atoms with Gasteiger partial charge >= 0.3 is 0 Å². The van der Waals surface area contributed by atoms with Crippen molar-refractivity contribution in [1.82, 2.24) is 24.8 Å². The van der Waals surface area contributed by atoms with Crippen molar-refractivity contribution >= 4 is 17.5 Å². The first-order chi connectivity index (χ1) is 9.22. The molecule has 1 aliphatic rings. The highest BCUT2D eigenvalue weighted by atomic mass is 35.5. The molecule has 1 aliphatic carbocycles. The second kappa shape index (κ2) is 4.97. The fraction of sp³-hybridized carbons (Fsp3) is 0.333. The van der Waals surface area contributed by atoms with Crippen LogP contribution in [0.5, 0.6) is 0 Å². The van der Waals surface area contributed by atoms with E-state index in [0.29, 0.717) is 18.3 Å².